The number of para-hydroxylation sites is 1. The molecule has 1 saturated carbocycles. The highest BCUT2D eigenvalue weighted by Crippen LogP contribution is 2.50. The summed E-state index contributed by atoms with van der Waals surface area (Å²) in [4.78, 5) is 17.0. The number of aromatic amines is 1. The normalized spacial score (nSPS) is 14.5. The van der Waals surface area contributed by atoms with Gasteiger partial charge in [-0.1, -0.05) is 45.0 Å². The van der Waals surface area contributed by atoms with E-state index in [1.165, 1.54) is 5.69 Å². The standard InChI is InChI=1S/C30H32N2O3/c1-29(2,3)27-18-20-17-23(11-12-25(20)32-27)31-28(33)30(14-15-30)22-10-13-26(34-4)21(16-22)19-35-24-8-6-5-7-9-24/h5-13,16-18,32H,14-15,19H2,1-4H3,(H,31,33). The Balaban J connectivity index is 1.36. The van der Waals surface area contributed by atoms with Crippen molar-refractivity contribution in [2.45, 2.75) is 51.0 Å². The fourth-order valence-corrected chi connectivity index (χ4v) is 4.50. The molecular formula is C30H32N2O3. The highest BCUT2D eigenvalue weighted by molar-refractivity contribution is 6.02. The Morgan fingerprint density at radius 3 is 2.46 bits per heavy atom. The first-order valence-electron chi connectivity index (χ1n) is 12.1. The molecule has 5 heteroatoms. The number of H-pyrrole nitrogens is 1. The highest BCUT2D eigenvalue weighted by Gasteiger charge is 2.51. The van der Waals surface area contributed by atoms with E-state index < -0.39 is 5.41 Å². The van der Waals surface area contributed by atoms with Gasteiger partial charge in [0.05, 0.1) is 12.5 Å². The number of methoxy groups -OCH3 is 1. The summed E-state index contributed by atoms with van der Waals surface area (Å²) < 4.78 is 11.5. The number of anilines is 1. The van der Waals surface area contributed by atoms with Crippen LogP contribution in [0.2, 0.25) is 0 Å². The molecule has 0 unspecified atom stereocenters. The Morgan fingerprint density at radius 2 is 1.77 bits per heavy atom. The van der Waals surface area contributed by atoms with Gasteiger partial charge >= 0.3 is 0 Å². The quantitative estimate of drug-likeness (QED) is 0.316. The number of aromatic nitrogens is 1. The van der Waals surface area contributed by atoms with Crippen molar-refractivity contribution in [3.05, 3.63) is 89.6 Å². The van der Waals surface area contributed by atoms with Crippen LogP contribution < -0.4 is 14.8 Å². The second-order valence-corrected chi connectivity index (χ2v) is 10.4. The molecule has 5 nitrogen and oxygen atoms in total. The Bertz CT molecular complexity index is 1360. The monoisotopic (exact) mass is 468 g/mol. The van der Waals surface area contributed by atoms with E-state index in [1.54, 1.807) is 7.11 Å². The maximum atomic E-state index is 13.5. The fourth-order valence-electron chi connectivity index (χ4n) is 4.50. The molecule has 3 aromatic carbocycles. The molecule has 180 valence electrons. The Labute approximate surface area is 206 Å². The van der Waals surface area contributed by atoms with Gasteiger partial charge in [-0.3, -0.25) is 4.79 Å². The number of hydrogen-bond acceptors (Lipinski definition) is 3. The van der Waals surface area contributed by atoms with Gasteiger partial charge in [0.2, 0.25) is 5.91 Å². The number of fused-ring (bicyclic) bond motifs is 1. The largest absolute Gasteiger partial charge is 0.496 e. The van der Waals surface area contributed by atoms with Crippen molar-refractivity contribution in [1.82, 2.24) is 4.98 Å². The molecule has 4 aromatic rings. The third-order valence-corrected chi connectivity index (χ3v) is 6.84. The maximum absolute atomic E-state index is 13.5. The lowest BCUT2D eigenvalue weighted by Crippen LogP contribution is -2.28. The number of carbonyl (C=O) groups excluding carboxylic acids is 1. The molecule has 0 radical (unpaired) electrons. The van der Waals surface area contributed by atoms with Crippen molar-refractivity contribution >= 4 is 22.5 Å². The van der Waals surface area contributed by atoms with Crippen molar-refractivity contribution in [3.8, 4) is 11.5 Å². The first-order chi connectivity index (χ1) is 16.8. The van der Waals surface area contributed by atoms with Gasteiger partial charge in [0.15, 0.2) is 0 Å². The van der Waals surface area contributed by atoms with Crippen LogP contribution >= 0.6 is 0 Å². The van der Waals surface area contributed by atoms with E-state index in [-0.39, 0.29) is 11.3 Å². The maximum Gasteiger partial charge on any atom is 0.235 e. The predicted molar refractivity (Wildman–Crippen MR) is 140 cm³/mol. The Hall–Kier alpha value is -3.73. The number of nitrogens with one attached hydrogen (secondary N) is 2. The van der Waals surface area contributed by atoms with Gasteiger partial charge in [-0.15, -0.1) is 0 Å². The van der Waals surface area contributed by atoms with E-state index in [9.17, 15) is 4.79 Å². The third-order valence-electron chi connectivity index (χ3n) is 6.84. The Morgan fingerprint density at radius 1 is 1.00 bits per heavy atom. The summed E-state index contributed by atoms with van der Waals surface area (Å²) in [5.41, 5.74) is 4.52. The molecule has 5 rings (SSSR count). The average molecular weight is 469 g/mol. The molecule has 1 aliphatic rings. The third kappa shape index (κ3) is 4.63. The molecule has 0 atom stereocenters. The summed E-state index contributed by atoms with van der Waals surface area (Å²) in [6.07, 6.45) is 1.65. The predicted octanol–water partition coefficient (Wildman–Crippen LogP) is 6.72. The van der Waals surface area contributed by atoms with Crippen molar-refractivity contribution in [3.63, 3.8) is 0 Å². The topological polar surface area (TPSA) is 63.3 Å². The summed E-state index contributed by atoms with van der Waals surface area (Å²) in [5, 5.41) is 4.27. The number of hydrogen-bond donors (Lipinski definition) is 2. The van der Waals surface area contributed by atoms with Gasteiger partial charge in [0, 0.05) is 33.3 Å². The number of amides is 1. The lowest BCUT2D eigenvalue weighted by atomic mass is 9.92. The lowest BCUT2D eigenvalue weighted by Gasteiger charge is -2.18. The van der Waals surface area contributed by atoms with Crippen LogP contribution in [0.25, 0.3) is 10.9 Å². The van der Waals surface area contributed by atoms with Gasteiger partial charge in [0.25, 0.3) is 0 Å². The van der Waals surface area contributed by atoms with E-state index in [4.69, 9.17) is 9.47 Å². The van der Waals surface area contributed by atoms with Crippen LogP contribution in [0.5, 0.6) is 11.5 Å². The van der Waals surface area contributed by atoms with Crippen molar-refractivity contribution in [2.75, 3.05) is 12.4 Å². The van der Waals surface area contributed by atoms with Crippen molar-refractivity contribution in [2.24, 2.45) is 0 Å². The molecule has 0 bridgehead atoms. The first-order valence-corrected chi connectivity index (χ1v) is 12.1. The SMILES string of the molecule is COc1ccc(C2(C(=O)Nc3ccc4[nH]c(C(C)(C)C)cc4c3)CC2)cc1COc1ccccc1. The van der Waals surface area contributed by atoms with Gasteiger partial charge < -0.3 is 19.8 Å². The van der Waals surface area contributed by atoms with E-state index in [0.717, 1.165) is 52.1 Å². The van der Waals surface area contributed by atoms with Crippen molar-refractivity contribution < 1.29 is 14.3 Å². The van der Waals surface area contributed by atoms with Crippen LogP contribution in [0.15, 0.2) is 72.8 Å². The molecule has 1 fully saturated rings. The molecule has 0 aliphatic heterocycles. The molecule has 1 amide bonds. The summed E-state index contributed by atoms with van der Waals surface area (Å²) in [6, 6.07) is 23.9. The number of ether oxygens (including phenoxy) is 2. The van der Waals surface area contributed by atoms with E-state index in [1.807, 2.05) is 60.7 Å². The van der Waals surface area contributed by atoms with Gasteiger partial charge in [0.1, 0.15) is 18.1 Å². The van der Waals surface area contributed by atoms with Crippen LogP contribution in [0.1, 0.15) is 50.4 Å². The molecular weight excluding hydrogens is 436 g/mol. The summed E-state index contributed by atoms with van der Waals surface area (Å²) in [6.45, 7) is 6.93. The zero-order valence-corrected chi connectivity index (χ0v) is 20.8. The first kappa shape index (κ1) is 23.0. The zero-order chi connectivity index (χ0) is 24.6. The molecule has 0 saturated heterocycles. The molecule has 35 heavy (non-hydrogen) atoms. The molecule has 1 heterocycles. The molecule has 1 aromatic heterocycles. The number of rotatable bonds is 7. The fraction of sp³-hybridized carbons (Fsp3) is 0.300. The molecule has 0 spiro atoms. The van der Waals surface area contributed by atoms with Gasteiger partial charge in [-0.05, 0) is 66.9 Å². The number of carbonyl (C=O) groups is 1. The van der Waals surface area contributed by atoms with Gasteiger partial charge in [-0.25, -0.2) is 0 Å². The van der Waals surface area contributed by atoms with Crippen LogP contribution in [0.4, 0.5) is 5.69 Å². The van der Waals surface area contributed by atoms with Crippen LogP contribution in [0, 0.1) is 0 Å². The minimum Gasteiger partial charge on any atom is -0.496 e. The van der Waals surface area contributed by atoms with Crippen molar-refractivity contribution in [1.29, 1.82) is 0 Å². The highest BCUT2D eigenvalue weighted by atomic mass is 16.5. The molecule has 1 aliphatic carbocycles. The van der Waals surface area contributed by atoms with Crippen LogP contribution in [0.3, 0.4) is 0 Å². The minimum absolute atomic E-state index is 0.0310. The summed E-state index contributed by atoms with van der Waals surface area (Å²) >= 11 is 0. The van der Waals surface area contributed by atoms with Crippen LogP contribution in [-0.4, -0.2) is 18.0 Å². The van der Waals surface area contributed by atoms with Crippen LogP contribution in [-0.2, 0) is 22.2 Å². The second-order valence-electron chi connectivity index (χ2n) is 10.4. The second kappa shape index (κ2) is 8.81. The summed E-state index contributed by atoms with van der Waals surface area (Å²) in [7, 11) is 1.66. The Kier molecular flexibility index (Phi) is 5.79. The minimum atomic E-state index is -0.516. The number of benzene rings is 3. The summed E-state index contributed by atoms with van der Waals surface area (Å²) in [5.74, 6) is 1.59. The lowest BCUT2D eigenvalue weighted by molar-refractivity contribution is -0.118. The molecule has 2 N–H and O–H groups in total. The van der Waals surface area contributed by atoms with E-state index >= 15 is 0 Å². The zero-order valence-electron chi connectivity index (χ0n) is 20.8. The van der Waals surface area contributed by atoms with E-state index in [2.05, 4.69) is 43.2 Å². The van der Waals surface area contributed by atoms with Gasteiger partial charge in [-0.2, -0.15) is 0 Å². The smallest absolute Gasteiger partial charge is 0.235 e. The average Bonchev–Trinajstić information content (AvgIpc) is 3.55. The van der Waals surface area contributed by atoms with E-state index in [0.29, 0.717) is 6.61 Å².